The summed E-state index contributed by atoms with van der Waals surface area (Å²) in [6.07, 6.45) is 1.33. The van der Waals surface area contributed by atoms with Crippen molar-refractivity contribution >= 4 is 77.0 Å². The van der Waals surface area contributed by atoms with Crippen LogP contribution in [0.15, 0.2) is 47.5 Å². The van der Waals surface area contributed by atoms with Gasteiger partial charge >= 0.3 is 0 Å². The number of aromatic nitrogens is 2. The molecule has 2 N–H and O–H groups in total. The monoisotopic (exact) mass is 532 g/mol. The van der Waals surface area contributed by atoms with Gasteiger partial charge in [0, 0.05) is 27.5 Å². The topological polar surface area (TPSA) is 101 Å². The van der Waals surface area contributed by atoms with Crippen LogP contribution in [-0.4, -0.2) is 24.5 Å². The van der Waals surface area contributed by atoms with Crippen molar-refractivity contribution in [1.82, 2.24) is 10.2 Å². The van der Waals surface area contributed by atoms with Crippen LogP contribution >= 0.6 is 50.2 Å². The summed E-state index contributed by atoms with van der Waals surface area (Å²) < 4.78 is 29.2. The van der Waals surface area contributed by atoms with Crippen molar-refractivity contribution in [2.45, 2.75) is 12.2 Å². The first-order valence-corrected chi connectivity index (χ1v) is 12.3. The van der Waals surface area contributed by atoms with E-state index in [4.69, 9.17) is 11.6 Å². The zero-order valence-corrected chi connectivity index (χ0v) is 19.6. The number of benzene rings is 1. The Morgan fingerprint density at radius 2 is 1.97 bits per heavy atom. The van der Waals surface area contributed by atoms with Crippen molar-refractivity contribution in [2.75, 3.05) is 10.0 Å². The molecule has 1 unspecified atom stereocenters. The average molecular weight is 534 g/mol. The van der Waals surface area contributed by atoms with Crippen LogP contribution in [0.3, 0.4) is 0 Å². The average Bonchev–Trinajstić information content (AvgIpc) is 3.22. The third kappa shape index (κ3) is 5.23. The van der Waals surface area contributed by atoms with E-state index in [1.807, 2.05) is 0 Å². The Morgan fingerprint density at radius 1 is 1.28 bits per heavy atom. The molecular formula is C17H14BrClN4O3S3. The number of carbonyl (C=O) groups is 1. The van der Waals surface area contributed by atoms with E-state index in [1.165, 1.54) is 13.0 Å². The summed E-state index contributed by atoms with van der Waals surface area (Å²) in [7, 11) is -3.85. The molecule has 0 spiro atoms. The number of sulfonamides is 1. The van der Waals surface area contributed by atoms with Crippen LogP contribution in [0.4, 0.5) is 10.8 Å². The number of hydrogen-bond acceptors (Lipinski definition) is 7. The lowest BCUT2D eigenvalue weighted by Crippen LogP contribution is -2.19. The lowest BCUT2D eigenvalue weighted by Gasteiger charge is -2.12. The molecule has 0 bridgehead atoms. The van der Waals surface area contributed by atoms with Crippen molar-refractivity contribution in [3.8, 4) is 10.6 Å². The van der Waals surface area contributed by atoms with Crippen molar-refractivity contribution in [3.63, 3.8) is 0 Å². The molecule has 0 radical (unpaired) electrons. The van der Waals surface area contributed by atoms with Crippen LogP contribution < -0.4 is 10.0 Å². The zero-order valence-electron chi connectivity index (χ0n) is 14.8. The first-order valence-electron chi connectivity index (χ1n) is 8.00. The first kappa shape index (κ1) is 21.9. The van der Waals surface area contributed by atoms with E-state index >= 15 is 0 Å². The van der Waals surface area contributed by atoms with Gasteiger partial charge in [0.25, 0.3) is 0 Å². The normalized spacial score (nSPS) is 12.4. The number of halogens is 2. The molecule has 2 aromatic heterocycles. The van der Waals surface area contributed by atoms with Gasteiger partial charge in [-0.25, -0.2) is 8.42 Å². The minimum atomic E-state index is -3.85. The molecule has 152 valence electrons. The molecular weight excluding hydrogens is 520 g/mol. The van der Waals surface area contributed by atoms with Gasteiger partial charge in [-0.15, -0.1) is 28.1 Å². The number of anilines is 2. The molecule has 1 aromatic carbocycles. The largest absolute Gasteiger partial charge is 0.326 e. The number of rotatable bonds is 7. The van der Waals surface area contributed by atoms with Gasteiger partial charge in [-0.2, -0.15) is 0 Å². The van der Waals surface area contributed by atoms with E-state index in [9.17, 15) is 13.2 Å². The Morgan fingerprint density at radius 3 is 2.52 bits per heavy atom. The molecule has 7 nitrogen and oxygen atoms in total. The Labute approximate surface area is 189 Å². The number of thiophene rings is 1. The summed E-state index contributed by atoms with van der Waals surface area (Å²) in [5.74, 6) is -0.166. The van der Waals surface area contributed by atoms with E-state index in [0.717, 1.165) is 28.2 Å². The number of carbonyl (C=O) groups excluding carboxylic acids is 1. The van der Waals surface area contributed by atoms with Gasteiger partial charge in [0.2, 0.25) is 21.1 Å². The van der Waals surface area contributed by atoms with E-state index in [2.05, 4.69) is 42.7 Å². The second kappa shape index (κ2) is 8.92. The molecule has 0 saturated heterocycles. The molecule has 12 heteroatoms. The highest BCUT2D eigenvalue weighted by Crippen LogP contribution is 2.39. The summed E-state index contributed by atoms with van der Waals surface area (Å²) in [4.78, 5) is 11.6. The predicted octanol–water partition coefficient (Wildman–Crippen LogP) is 5.31. The van der Waals surface area contributed by atoms with E-state index in [0.29, 0.717) is 24.4 Å². The van der Waals surface area contributed by atoms with Gasteiger partial charge in [-0.1, -0.05) is 29.0 Å². The fourth-order valence-electron chi connectivity index (χ4n) is 2.36. The van der Waals surface area contributed by atoms with E-state index < -0.39 is 15.3 Å². The molecule has 0 aliphatic heterocycles. The molecule has 0 aliphatic rings. The molecule has 3 aromatic rings. The molecule has 29 heavy (non-hydrogen) atoms. The maximum atomic E-state index is 12.8. The van der Waals surface area contributed by atoms with Gasteiger partial charge in [-0.3, -0.25) is 9.52 Å². The molecule has 0 aliphatic carbocycles. The number of nitrogens with zero attached hydrogens (tertiary/aromatic N) is 2. The van der Waals surface area contributed by atoms with Crippen LogP contribution in [0.25, 0.3) is 10.6 Å². The number of amides is 1. The van der Waals surface area contributed by atoms with Gasteiger partial charge in [0.05, 0.1) is 0 Å². The summed E-state index contributed by atoms with van der Waals surface area (Å²) in [5.41, 5.74) is 1.40. The van der Waals surface area contributed by atoms with Crippen LogP contribution in [0, 0.1) is 0 Å². The molecule has 3 rings (SSSR count). The second-order valence-electron chi connectivity index (χ2n) is 5.74. The lowest BCUT2D eigenvalue weighted by atomic mass is 10.2. The third-order valence-electron chi connectivity index (χ3n) is 3.60. The van der Waals surface area contributed by atoms with Gasteiger partial charge in [0.1, 0.15) is 14.6 Å². The molecule has 0 saturated carbocycles. The Hall–Kier alpha value is -1.79. The highest BCUT2D eigenvalue weighted by molar-refractivity contribution is 9.10. The highest BCUT2D eigenvalue weighted by atomic mass is 79.9. The molecule has 2 heterocycles. The van der Waals surface area contributed by atoms with Gasteiger partial charge < -0.3 is 5.32 Å². The number of hydrogen-bond donors (Lipinski definition) is 2. The molecule has 0 fully saturated rings. The maximum Gasteiger partial charge on any atom is 0.246 e. The van der Waals surface area contributed by atoms with Crippen molar-refractivity contribution < 1.29 is 13.2 Å². The van der Waals surface area contributed by atoms with E-state index in [1.54, 1.807) is 30.3 Å². The zero-order chi connectivity index (χ0) is 21.2. The minimum Gasteiger partial charge on any atom is -0.326 e. The Balaban J connectivity index is 1.79. The van der Waals surface area contributed by atoms with Gasteiger partial charge in [-0.05, 0) is 46.3 Å². The molecule has 1 atom stereocenters. The van der Waals surface area contributed by atoms with Crippen molar-refractivity contribution in [1.29, 1.82) is 0 Å². The summed E-state index contributed by atoms with van der Waals surface area (Å²) >= 11 is 11.6. The summed E-state index contributed by atoms with van der Waals surface area (Å²) in [6.45, 7) is 5.06. The summed E-state index contributed by atoms with van der Waals surface area (Å²) in [5, 5.41) is 10.3. The van der Waals surface area contributed by atoms with Gasteiger partial charge in [0.15, 0.2) is 0 Å². The van der Waals surface area contributed by atoms with E-state index in [-0.39, 0.29) is 11.0 Å². The standard InChI is InChI=1S/C17H14BrClN4O3S3/c1-3-14(13-8-12(18)15(19)27-13)29(25,26)23-17-22-21-16(28-17)10-4-6-11(7-5-10)20-9(2)24/h3-8,14H,1H2,2H3,(H,20,24)(H,22,23). The first-order chi connectivity index (χ1) is 13.7. The lowest BCUT2D eigenvalue weighted by molar-refractivity contribution is -0.114. The van der Waals surface area contributed by atoms with Crippen LogP contribution in [-0.2, 0) is 14.8 Å². The summed E-state index contributed by atoms with van der Waals surface area (Å²) in [6, 6.07) is 8.65. The third-order valence-corrected chi connectivity index (χ3v) is 8.92. The van der Waals surface area contributed by atoms with Crippen LogP contribution in [0.5, 0.6) is 0 Å². The smallest absolute Gasteiger partial charge is 0.246 e. The Bertz CT molecular complexity index is 1140. The van der Waals surface area contributed by atoms with Crippen molar-refractivity contribution in [2.24, 2.45) is 0 Å². The maximum absolute atomic E-state index is 12.8. The fourth-order valence-corrected chi connectivity index (χ4v) is 6.76. The second-order valence-corrected chi connectivity index (χ2v) is 11.1. The Kier molecular flexibility index (Phi) is 6.74. The number of nitrogens with one attached hydrogen (secondary N) is 2. The minimum absolute atomic E-state index is 0.138. The quantitative estimate of drug-likeness (QED) is 0.401. The van der Waals surface area contributed by atoms with Crippen molar-refractivity contribution in [3.05, 3.63) is 56.7 Å². The molecule has 1 amide bonds. The van der Waals surface area contributed by atoms with Crippen LogP contribution in [0.2, 0.25) is 4.34 Å². The SMILES string of the molecule is C=CC(c1cc(Br)c(Cl)s1)S(=O)(=O)Nc1nnc(-c2ccc(NC(C)=O)cc2)s1. The fraction of sp³-hybridized carbons (Fsp3) is 0.118. The highest BCUT2D eigenvalue weighted by Gasteiger charge is 2.28. The predicted molar refractivity (Wildman–Crippen MR) is 122 cm³/mol. The van der Waals surface area contributed by atoms with Crippen LogP contribution in [0.1, 0.15) is 17.1 Å².